The predicted octanol–water partition coefficient (Wildman–Crippen LogP) is 1.17. The number of nitrogens with two attached hydrogens (primary N) is 1. The molecule has 0 saturated heterocycles. The van der Waals surface area contributed by atoms with Crippen LogP contribution in [0.15, 0.2) is 18.3 Å². The third-order valence-electron chi connectivity index (χ3n) is 1.61. The summed E-state index contributed by atoms with van der Waals surface area (Å²) in [5.74, 6) is 0. The van der Waals surface area contributed by atoms with E-state index >= 15 is 0 Å². The fourth-order valence-electron chi connectivity index (χ4n) is 1.13. The molecule has 1 rings (SSSR count). The molecule has 1 aromatic heterocycles. The zero-order chi connectivity index (χ0) is 9.90. The third-order valence-corrected chi connectivity index (χ3v) is 1.61. The van der Waals surface area contributed by atoms with E-state index in [1.165, 1.54) is 0 Å². The van der Waals surface area contributed by atoms with Gasteiger partial charge in [0.05, 0.1) is 0 Å². The summed E-state index contributed by atoms with van der Waals surface area (Å²) in [4.78, 5) is 14.6. The maximum Gasteiger partial charge on any atom is 0.150 e. The molecule has 1 heterocycles. The second kappa shape index (κ2) is 3.66. The zero-order valence-corrected chi connectivity index (χ0v) is 7.95. The largest absolute Gasteiger partial charge is 0.325 e. The molecule has 0 aliphatic heterocycles. The Bertz CT molecular complexity index is 302. The highest BCUT2D eigenvalue weighted by Gasteiger charge is 2.12. The van der Waals surface area contributed by atoms with Gasteiger partial charge >= 0.3 is 0 Å². The van der Waals surface area contributed by atoms with E-state index < -0.39 is 0 Å². The Morgan fingerprint density at radius 3 is 2.85 bits per heavy atom. The number of aldehydes is 1. The van der Waals surface area contributed by atoms with Gasteiger partial charge in [0.1, 0.15) is 6.29 Å². The van der Waals surface area contributed by atoms with Gasteiger partial charge in [-0.15, -0.1) is 0 Å². The maximum atomic E-state index is 10.5. The van der Waals surface area contributed by atoms with Crippen molar-refractivity contribution in [3.8, 4) is 0 Å². The maximum absolute atomic E-state index is 10.5. The third kappa shape index (κ3) is 3.34. The highest BCUT2D eigenvalue weighted by Crippen LogP contribution is 2.08. The molecular weight excluding hydrogens is 164 g/mol. The van der Waals surface area contributed by atoms with Crippen molar-refractivity contribution in [2.75, 3.05) is 0 Å². The van der Waals surface area contributed by atoms with Crippen LogP contribution in [0.2, 0.25) is 0 Å². The first-order valence-electron chi connectivity index (χ1n) is 4.20. The lowest BCUT2D eigenvalue weighted by molar-refractivity contribution is 0.112. The molecule has 13 heavy (non-hydrogen) atoms. The molecule has 0 aliphatic rings. The van der Waals surface area contributed by atoms with Crippen molar-refractivity contribution >= 4 is 6.29 Å². The first-order valence-corrected chi connectivity index (χ1v) is 4.20. The minimum Gasteiger partial charge on any atom is -0.325 e. The Morgan fingerprint density at radius 2 is 2.31 bits per heavy atom. The molecule has 0 radical (unpaired) electrons. The van der Waals surface area contributed by atoms with Gasteiger partial charge in [-0.2, -0.15) is 0 Å². The van der Waals surface area contributed by atoms with Crippen LogP contribution in [0, 0.1) is 0 Å². The van der Waals surface area contributed by atoms with Crippen molar-refractivity contribution in [2.45, 2.75) is 25.8 Å². The topological polar surface area (TPSA) is 56.0 Å². The Labute approximate surface area is 78.0 Å². The lowest BCUT2D eigenvalue weighted by Crippen LogP contribution is -2.34. The van der Waals surface area contributed by atoms with Gasteiger partial charge in [0.15, 0.2) is 0 Å². The van der Waals surface area contributed by atoms with E-state index in [1.54, 1.807) is 18.3 Å². The van der Waals surface area contributed by atoms with Gasteiger partial charge in [0.25, 0.3) is 0 Å². The number of hydrogen-bond acceptors (Lipinski definition) is 3. The number of rotatable bonds is 3. The van der Waals surface area contributed by atoms with Crippen LogP contribution in [0.3, 0.4) is 0 Å². The smallest absolute Gasteiger partial charge is 0.150 e. The van der Waals surface area contributed by atoms with E-state index in [9.17, 15) is 4.79 Å². The van der Waals surface area contributed by atoms with Gasteiger partial charge in [-0.05, 0) is 26.0 Å². The molecule has 0 atom stereocenters. The summed E-state index contributed by atoms with van der Waals surface area (Å²) in [5.41, 5.74) is 7.05. The van der Waals surface area contributed by atoms with Crippen LogP contribution in [0.4, 0.5) is 0 Å². The van der Waals surface area contributed by atoms with Crippen LogP contribution in [-0.4, -0.2) is 16.8 Å². The molecule has 0 spiro atoms. The molecule has 0 unspecified atom stereocenters. The van der Waals surface area contributed by atoms with Crippen molar-refractivity contribution in [3.63, 3.8) is 0 Å². The second-order valence-electron chi connectivity index (χ2n) is 3.86. The van der Waals surface area contributed by atoms with Crippen LogP contribution < -0.4 is 5.73 Å². The molecular formula is C10H14N2O. The normalized spacial score (nSPS) is 11.3. The first-order chi connectivity index (χ1) is 6.01. The van der Waals surface area contributed by atoms with Gasteiger partial charge < -0.3 is 5.73 Å². The van der Waals surface area contributed by atoms with E-state index in [0.29, 0.717) is 12.0 Å². The highest BCUT2D eigenvalue weighted by atomic mass is 16.1. The molecule has 0 bridgehead atoms. The van der Waals surface area contributed by atoms with Crippen LogP contribution in [0.5, 0.6) is 0 Å². The van der Waals surface area contributed by atoms with Crippen molar-refractivity contribution in [2.24, 2.45) is 5.73 Å². The number of carbonyl (C=O) groups excluding carboxylic acids is 1. The van der Waals surface area contributed by atoms with Gasteiger partial charge in [-0.1, -0.05) is 0 Å². The number of nitrogens with zero attached hydrogens (tertiary/aromatic N) is 1. The molecule has 3 heteroatoms. The number of hydrogen-bond donors (Lipinski definition) is 1. The second-order valence-corrected chi connectivity index (χ2v) is 3.86. The summed E-state index contributed by atoms with van der Waals surface area (Å²) in [7, 11) is 0. The minimum absolute atomic E-state index is 0.283. The van der Waals surface area contributed by atoms with Crippen LogP contribution in [0.25, 0.3) is 0 Å². The summed E-state index contributed by atoms with van der Waals surface area (Å²) >= 11 is 0. The molecule has 0 aromatic carbocycles. The summed E-state index contributed by atoms with van der Waals surface area (Å²) in [5, 5.41) is 0. The SMILES string of the molecule is CC(C)(N)Cc1cc(C=O)ccn1. The van der Waals surface area contributed by atoms with E-state index in [2.05, 4.69) is 4.98 Å². The summed E-state index contributed by atoms with van der Waals surface area (Å²) in [6.07, 6.45) is 3.12. The van der Waals surface area contributed by atoms with Crippen molar-refractivity contribution in [1.29, 1.82) is 0 Å². The monoisotopic (exact) mass is 178 g/mol. The van der Waals surface area contributed by atoms with E-state index in [0.717, 1.165) is 12.0 Å². The van der Waals surface area contributed by atoms with Crippen molar-refractivity contribution < 1.29 is 4.79 Å². The molecule has 2 N–H and O–H groups in total. The fraction of sp³-hybridized carbons (Fsp3) is 0.400. The number of aromatic nitrogens is 1. The number of carbonyl (C=O) groups is 1. The van der Waals surface area contributed by atoms with Gasteiger partial charge in [0.2, 0.25) is 0 Å². The van der Waals surface area contributed by atoms with Crippen molar-refractivity contribution in [3.05, 3.63) is 29.6 Å². The van der Waals surface area contributed by atoms with E-state index in [-0.39, 0.29) is 5.54 Å². The first kappa shape index (κ1) is 9.86. The zero-order valence-electron chi connectivity index (χ0n) is 7.95. The van der Waals surface area contributed by atoms with Crippen LogP contribution in [0.1, 0.15) is 29.9 Å². The molecule has 0 saturated carbocycles. The molecule has 0 fully saturated rings. The van der Waals surface area contributed by atoms with E-state index in [4.69, 9.17) is 5.73 Å². The number of pyridine rings is 1. The summed E-state index contributed by atoms with van der Waals surface area (Å²) < 4.78 is 0. The lowest BCUT2D eigenvalue weighted by atomic mass is 9.99. The van der Waals surface area contributed by atoms with Gasteiger partial charge in [0, 0.05) is 29.4 Å². The standard InChI is InChI=1S/C10H14N2O/c1-10(2,11)6-9-5-8(7-13)3-4-12-9/h3-5,7H,6,11H2,1-2H3. The van der Waals surface area contributed by atoms with Gasteiger partial charge in [-0.3, -0.25) is 9.78 Å². The Morgan fingerprint density at radius 1 is 1.62 bits per heavy atom. The van der Waals surface area contributed by atoms with Gasteiger partial charge in [-0.25, -0.2) is 0 Å². The predicted molar refractivity (Wildman–Crippen MR) is 51.6 cm³/mol. The average Bonchev–Trinajstić information content (AvgIpc) is 2.01. The molecule has 70 valence electrons. The summed E-state index contributed by atoms with van der Waals surface area (Å²) in [6, 6.07) is 3.45. The van der Waals surface area contributed by atoms with Crippen LogP contribution in [-0.2, 0) is 6.42 Å². The van der Waals surface area contributed by atoms with Crippen molar-refractivity contribution in [1.82, 2.24) is 4.98 Å². The Balaban J connectivity index is 2.84. The average molecular weight is 178 g/mol. The molecule has 0 aliphatic carbocycles. The quantitative estimate of drug-likeness (QED) is 0.707. The highest BCUT2D eigenvalue weighted by molar-refractivity contribution is 5.74. The van der Waals surface area contributed by atoms with E-state index in [1.807, 2.05) is 13.8 Å². The summed E-state index contributed by atoms with van der Waals surface area (Å²) in [6.45, 7) is 3.87. The Kier molecular flexibility index (Phi) is 2.78. The molecule has 1 aromatic rings. The molecule has 0 amide bonds. The Hall–Kier alpha value is -1.22. The fourth-order valence-corrected chi connectivity index (χ4v) is 1.13. The van der Waals surface area contributed by atoms with Crippen LogP contribution >= 0.6 is 0 Å². The lowest BCUT2D eigenvalue weighted by Gasteiger charge is -2.17. The minimum atomic E-state index is -0.283. The molecule has 3 nitrogen and oxygen atoms in total.